The minimum absolute atomic E-state index is 0.0788. The van der Waals surface area contributed by atoms with E-state index in [0.717, 1.165) is 6.08 Å². The van der Waals surface area contributed by atoms with Crippen LogP contribution in [0.3, 0.4) is 0 Å². The average Bonchev–Trinajstić information content (AvgIpc) is 3.07. The molecule has 1 aliphatic carbocycles. The molecule has 0 spiro atoms. The number of carbonyl (C=O) groups excluding carboxylic acids is 1. The Labute approximate surface area is 208 Å². The summed E-state index contributed by atoms with van der Waals surface area (Å²) >= 11 is 0. The van der Waals surface area contributed by atoms with Crippen LogP contribution in [0.2, 0.25) is 0 Å². The average molecular weight is 495 g/mol. The standard InChI is InChI=1S/C28H40F2O5/c1-20(2)34-26-18-25(31)23(14-10-5-6-11-15-27(32)35-21(3)4)24(26)16-17-28(29,30)19-33-22-12-8-7-9-13-22/h5,7-10,12-13,16-17,20-21,23-26,31H,6,11,14-15,18-19H2,1-4H3/b10-5-,17-16+/t23-,24-,25+,26-/m1/s1. The Morgan fingerprint density at radius 3 is 2.51 bits per heavy atom. The fraction of sp³-hybridized carbons (Fsp3) is 0.607. The smallest absolute Gasteiger partial charge is 0.306 e. The number of esters is 1. The molecule has 1 saturated carbocycles. The number of unbranched alkanes of at least 4 members (excludes halogenated alkanes) is 1. The van der Waals surface area contributed by atoms with Gasteiger partial charge in [-0.2, -0.15) is 8.78 Å². The molecule has 1 aromatic carbocycles. The first-order valence-corrected chi connectivity index (χ1v) is 12.5. The number of rotatable bonds is 14. The highest BCUT2D eigenvalue weighted by atomic mass is 19.3. The summed E-state index contributed by atoms with van der Waals surface area (Å²) in [6.45, 7) is 6.67. The number of ether oxygens (including phenoxy) is 3. The number of para-hydroxylation sites is 1. The molecule has 7 heteroatoms. The zero-order chi connectivity index (χ0) is 25.8. The molecule has 0 amide bonds. The van der Waals surface area contributed by atoms with Crippen molar-refractivity contribution < 1.29 is 32.9 Å². The Kier molecular flexibility index (Phi) is 11.9. The maximum atomic E-state index is 14.5. The number of carbonyl (C=O) groups is 1. The highest BCUT2D eigenvalue weighted by Gasteiger charge is 2.42. The fourth-order valence-electron chi connectivity index (χ4n) is 4.23. The Bertz CT molecular complexity index is 807. The van der Waals surface area contributed by atoms with E-state index in [1.807, 2.05) is 39.8 Å². The van der Waals surface area contributed by atoms with Crippen LogP contribution in [0.4, 0.5) is 8.78 Å². The van der Waals surface area contributed by atoms with Gasteiger partial charge in [-0.05, 0) is 71.1 Å². The molecule has 2 rings (SSSR count). The summed E-state index contributed by atoms with van der Waals surface area (Å²) in [5, 5.41) is 10.7. The van der Waals surface area contributed by atoms with Gasteiger partial charge in [-0.15, -0.1) is 0 Å². The molecule has 35 heavy (non-hydrogen) atoms. The fourth-order valence-corrected chi connectivity index (χ4v) is 4.23. The van der Waals surface area contributed by atoms with Crippen LogP contribution in [-0.2, 0) is 14.3 Å². The molecule has 0 unspecified atom stereocenters. The van der Waals surface area contributed by atoms with Crippen LogP contribution in [0, 0.1) is 11.8 Å². The van der Waals surface area contributed by atoms with Crippen molar-refractivity contribution in [3.63, 3.8) is 0 Å². The molecule has 0 radical (unpaired) electrons. The molecule has 1 aliphatic rings. The number of allylic oxidation sites excluding steroid dienone is 2. The summed E-state index contributed by atoms with van der Waals surface area (Å²) < 4.78 is 45.4. The third-order valence-corrected chi connectivity index (χ3v) is 5.77. The quantitative estimate of drug-likeness (QED) is 0.192. The van der Waals surface area contributed by atoms with E-state index in [4.69, 9.17) is 14.2 Å². The van der Waals surface area contributed by atoms with Gasteiger partial charge in [0, 0.05) is 18.8 Å². The summed E-state index contributed by atoms with van der Waals surface area (Å²) in [5.41, 5.74) is 0. The van der Waals surface area contributed by atoms with Crippen molar-refractivity contribution in [2.75, 3.05) is 6.61 Å². The zero-order valence-corrected chi connectivity index (χ0v) is 21.2. The molecule has 0 aromatic heterocycles. The Balaban J connectivity index is 1.95. The van der Waals surface area contributed by atoms with Crippen molar-refractivity contribution in [2.24, 2.45) is 11.8 Å². The van der Waals surface area contributed by atoms with Gasteiger partial charge in [-0.25, -0.2) is 0 Å². The predicted molar refractivity (Wildman–Crippen MR) is 132 cm³/mol. The van der Waals surface area contributed by atoms with E-state index in [9.17, 15) is 18.7 Å². The van der Waals surface area contributed by atoms with Crippen LogP contribution in [0.5, 0.6) is 5.75 Å². The lowest BCUT2D eigenvalue weighted by molar-refractivity contribution is -0.147. The van der Waals surface area contributed by atoms with Gasteiger partial charge in [0.05, 0.1) is 24.4 Å². The van der Waals surface area contributed by atoms with Crippen LogP contribution < -0.4 is 4.74 Å². The van der Waals surface area contributed by atoms with Crippen molar-refractivity contribution in [1.29, 1.82) is 0 Å². The molecule has 0 saturated heterocycles. The van der Waals surface area contributed by atoms with Gasteiger partial charge in [-0.3, -0.25) is 4.79 Å². The maximum Gasteiger partial charge on any atom is 0.306 e. The highest BCUT2D eigenvalue weighted by Crippen LogP contribution is 2.39. The molecule has 4 atom stereocenters. The first-order valence-electron chi connectivity index (χ1n) is 12.5. The van der Waals surface area contributed by atoms with E-state index in [1.165, 1.54) is 6.08 Å². The number of benzene rings is 1. The molecule has 1 aromatic rings. The predicted octanol–water partition coefficient (Wildman–Crippen LogP) is 6.12. The monoisotopic (exact) mass is 494 g/mol. The van der Waals surface area contributed by atoms with Gasteiger partial charge in [0.2, 0.25) is 0 Å². The van der Waals surface area contributed by atoms with Crippen molar-refractivity contribution in [3.8, 4) is 5.75 Å². The first kappa shape index (κ1) is 29.0. The van der Waals surface area contributed by atoms with Crippen LogP contribution in [0.1, 0.15) is 59.8 Å². The normalized spacial score (nSPS) is 23.1. The zero-order valence-electron chi connectivity index (χ0n) is 21.2. The molecule has 1 N–H and O–H groups in total. The lowest BCUT2D eigenvalue weighted by Crippen LogP contribution is -2.27. The second kappa shape index (κ2) is 14.3. The van der Waals surface area contributed by atoms with E-state index in [-0.39, 0.29) is 36.1 Å². The molecule has 5 nitrogen and oxygen atoms in total. The SMILES string of the molecule is CC(C)OC(=O)CCC/C=C\C[C@@H]1[C@@H](/C=C/C(F)(F)COc2ccccc2)[C@H](OC(C)C)C[C@@H]1O. The third kappa shape index (κ3) is 10.9. The third-order valence-electron chi connectivity index (χ3n) is 5.77. The molecule has 0 bridgehead atoms. The Morgan fingerprint density at radius 1 is 1.14 bits per heavy atom. The van der Waals surface area contributed by atoms with Crippen LogP contribution in [-0.4, -0.2) is 48.0 Å². The van der Waals surface area contributed by atoms with Crippen LogP contribution in [0.25, 0.3) is 0 Å². The minimum atomic E-state index is -3.16. The molecular weight excluding hydrogens is 454 g/mol. The Hall–Kier alpha value is -2.25. The van der Waals surface area contributed by atoms with E-state index < -0.39 is 18.6 Å². The number of hydrogen-bond donors (Lipinski definition) is 1. The van der Waals surface area contributed by atoms with E-state index in [0.29, 0.717) is 37.9 Å². The second-order valence-electron chi connectivity index (χ2n) is 9.63. The maximum absolute atomic E-state index is 14.5. The summed E-state index contributed by atoms with van der Waals surface area (Å²) in [6.07, 6.45) is 7.78. The van der Waals surface area contributed by atoms with Crippen molar-refractivity contribution in [2.45, 2.75) is 90.1 Å². The van der Waals surface area contributed by atoms with E-state index in [2.05, 4.69) is 0 Å². The van der Waals surface area contributed by atoms with Gasteiger partial charge in [-0.1, -0.05) is 36.4 Å². The lowest BCUT2D eigenvalue weighted by Gasteiger charge is -2.24. The number of hydrogen-bond acceptors (Lipinski definition) is 5. The summed E-state index contributed by atoms with van der Waals surface area (Å²) in [6, 6.07) is 8.52. The topological polar surface area (TPSA) is 65.0 Å². The molecule has 0 aliphatic heterocycles. The van der Waals surface area contributed by atoms with E-state index >= 15 is 0 Å². The minimum Gasteiger partial charge on any atom is -0.487 e. The second-order valence-corrected chi connectivity index (χ2v) is 9.63. The number of aliphatic hydroxyl groups excluding tert-OH is 1. The molecule has 0 heterocycles. The molecular formula is C28H40F2O5. The summed E-state index contributed by atoms with van der Waals surface area (Å²) in [7, 11) is 0. The van der Waals surface area contributed by atoms with Gasteiger partial charge in [0.1, 0.15) is 5.75 Å². The number of halogens is 2. The largest absolute Gasteiger partial charge is 0.487 e. The van der Waals surface area contributed by atoms with Gasteiger partial charge in [0.15, 0.2) is 6.61 Å². The van der Waals surface area contributed by atoms with Crippen molar-refractivity contribution in [3.05, 3.63) is 54.6 Å². The lowest BCUT2D eigenvalue weighted by atomic mass is 9.89. The molecule has 196 valence electrons. The number of aliphatic hydroxyl groups is 1. The van der Waals surface area contributed by atoms with E-state index in [1.54, 1.807) is 30.3 Å². The number of alkyl halides is 2. The highest BCUT2D eigenvalue weighted by molar-refractivity contribution is 5.69. The van der Waals surface area contributed by atoms with Crippen molar-refractivity contribution >= 4 is 5.97 Å². The van der Waals surface area contributed by atoms with Gasteiger partial charge in [0.25, 0.3) is 5.92 Å². The first-order chi connectivity index (χ1) is 16.6. The van der Waals surface area contributed by atoms with Crippen molar-refractivity contribution in [1.82, 2.24) is 0 Å². The van der Waals surface area contributed by atoms with Gasteiger partial charge >= 0.3 is 5.97 Å². The van der Waals surface area contributed by atoms with Gasteiger partial charge < -0.3 is 19.3 Å². The summed E-state index contributed by atoms with van der Waals surface area (Å²) in [5.74, 6) is -3.56. The molecule has 1 fully saturated rings. The van der Waals surface area contributed by atoms with Crippen LogP contribution >= 0.6 is 0 Å². The summed E-state index contributed by atoms with van der Waals surface area (Å²) in [4.78, 5) is 11.6. The Morgan fingerprint density at radius 2 is 1.86 bits per heavy atom. The van der Waals surface area contributed by atoms with Crippen LogP contribution in [0.15, 0.2) is 54.6 Å².